The number of hydrogen-bond acceptors (Lipinski definition) is 4. The smallest absolute Gasteiger partial charge is 0.416 e. The number of alkyl halides is 3. The van der Waals surface area contributed by atoms with E-state index in [0.29, 0.717) is 29.5 Å². The van der Waals surface area contributed by atoms with Gasteiger partial charge < -0.3 is 9.32 Å². The molecule has 32 heavy (non-hydrogen) atoms. The van der Waals surface area contributed by atoms with Crippen LogP contribution in [0.25, 0.3) is 27.4 Å². The maximum absolute atomic E-state index is 13.5. The molecular weight excluding hydrogens is 441 g/mol. The Balaban J connectivity index is 1.74. The van der Waals surface area contributed by atoms with Crippen LogP contribution >= 0.6 is 0 Å². The molecule has 0 fully saturated rings. The first-order valence-electron chi connectivity index (χ1n) is 9.99. The quantitative estimate of drug-likeness (QED) is 0.413. The number of para-hydroxylation sites is 1. The summed E-state index contributed by atoms with van der Waals surface area (Å²) in [6, 6.07) is 11.4. The summed E-state index contributed by atoms with van der Waals surface area (Å²) in [6.45, 7) is 1.37. The molecule has 0 N–H and O–H groups in total. The number of aromatic nitrogens is 1. The summed E-state index contributed by atoms with van der Waals surface area (Å²) in [4.78, 5) is 2.08. The molecule has 0 atom stereocenters. The lowest BCUT2D eigenvalue weighted by Crippen LogP contribution is -2.23. The fourth-order valence-corrected chi connectivity index (χ4v) is 5.36. The first-order valence-corrected chi connectivity index (χ1v) is 11.4. The van der Waals surface area contributed by atoms with E-state index in [-0.39, 0.29) is 16.0 Å². The second-order valence-corrected chi connectivity index (χ2v) is 9.66. The average molecular weight is 460 g/mol. The molecule has 1 aliphatic rings. The van der Waals surface area contributed by atoms with E-state index in [9.17, 15) is 21.6 Å². The van der Waals surface area contributed by atoms with E-state index in [1.54, 1.807) is 24.3 Å². The Hall–Kier alpha value is -3.04. The van der Waals surface area contributed by atoms with Crippen LogP contribution in [0.3, 0.4) is 0 Å². The molecule has 5 nitrogen and oxygen atoms in total. The maximum Gasteiger partial charge on any atom is 0.416 e. The predicted molar refractivity (Wildman–Crippen MR) is 116 cm³/mol. The number of likely N-dealkylation sites (N-methyl/N-ethyl adjacent to an activating group) is 1. The Morgan fingerprint density at radius 1 is 1.06 bits per heavy atom. The van der Waals surface area contributed by atoms with Crippen LogP contribution in [0.4, 0.5) is 13.2 Å². The zero-order valence-electron chi connectivity index (χ0n) is 17.1. The van der Waals surface area contributed by atoms with Gasteiger partial charge >= 0.3 is 16.2 Å². The Kier molecular flexibility index (Phi) is 4.72. The van der Waals surface area contributed by atoms with E-state index in [0.717, 1.165) is 28.2 Å². The van der Waals surface area contributed by atoms with Gasteiger partial charge in [-0.3, -0.25) is 0 Å². The Labute approximate surface area is 182 Å². The van der Waals surface area contributed by atoms with Gasteiger partial charge in [-0.1, -0.05) is 24.3 Å². The molecule has 4 aromatic rings. The highest BCUT2D eigenvalue weighted by Gasteiger charge is 2.33. The molecule has 9 heteroatoms. The number of rotatable bonds is 3. The van der Waals surface area contributed by atoms with E-state index >= 15 is 0 Å². The third-order valence-corrected chi connectivity index (χ3v) is 7.30. The van der Waals surface area contributed by atoms with Crippen molar-refractivity contribution in [2.24, 2.45) is 0 Å². The van der Waals surface area contributed by atoms with E-state index in [1.807, 2.05) is 13.1 Å². The third kappa shape index (κ3) is 3.41. The monoisotopic (exact) mass is 460 g/mol. The van der Waals surface area contributed by atoms with Gasteiger partial charge in [0.15, 0.2) is 0 Å². The van der Waals surface area contributed by atoms with Crippen LogP contribution in [0, 0.1) is 0 Å². The first-order chi connectivity index (χ1) is 15.1. The van der Waals surface area contributed by atoms with Gasteiger partial charge in [-0.25, -0.2) is 3.97 Å². The van der Waals surface area contributed by atoms with Gasteiger partial charge in [0.1, 0.15) is 5.58 Å². The number of fused-ring (bicyclic) bond motifs is 2. The Morgan fingerprint density at radius 3 is 2.53 bits per heavy atom. The average Bonchev–Trinajstić information content (AvgIpc) is 3.36. The molecule has 0 saturated heterocycles. The highest BCUT2D eigenvalue weighted by atomic mass is 32.2. The van der Waals surface area contributed by atoms with Crippen molar-refractivity contribution in [2.75, 3.05) is 20.1 Å². The van der Waals surface area contributed by atoms with Crippen molar-refractivity contribution in [3.8, 4) is 0 Å². The minimum Gasteiger partial charge on any atom is -0.443 e. The number of nitrogens with zero attached hydrogens (tertiary/aromatic N) is 2. The van der Waals surface area contributed by atoms with Crippen molar-refractivity contribution in [3.63, 3.8) is 0 Å². The van der Waals surface area contributed by atoms with Gasteiger partial charge in [0.25, 0.3) is 0 Å². The van der Waals surface area contributed by atoms with E-state index in [1.165, 1.54) is 18.3 Å². The minimum atomic E-state index is -4.54. The van der Waals surface area contributed by atoms with Crippen LogP contribution in [0.15, 0.2) is 70.3 Å². The topological polar surface area (TPSA) is 55.5 Å². The zero-order valence-corrected chi connectivity index (χ0v) is 17.9. The van der Waals surface area contributed by atoms with E-state index in [4.69, 9.17) is 4.42 Å². The maximum atomic E-state index is 13.5. The van der Waals surface area contributed by atoms with Crippen molar-refractivity contribution in [3.05, 3.63) is 71.9 Å². The van der Waals surface area contributed by atoms with Crippen molar-refractivity contribution in [1.29, 1.82) is 0 Å². The van der Waals surface area contributed by atoms with Gasteiger partial charge in [0, 0.05) is 41.7 Å². The van der Waals surface area contributed by atoms with Gasteiger partial charge in [0.2, 0.25) is 5.09 Å². The largest absolute Gasteiger partial charge is 0.443 e. The minimum absolute atomic E-state index is 0.174. The van der Waals surface area contributed by atoms with Crippen LogP contribution in [-0.4, -0.2) is 37.4 Å². The second kappa shape index (κ2) is 7.25. The van der Waals surface area contributed by atoms with Gasteiger partial charge in [-0.15, -0.1) is 0 Å². The van der Waals surface area contributed by atoms with E-state index in [2.05, 4.69) is 4.90 Å². The lowest BCUT2D eigenvalue weighted by Gasteiger charge is -2.21. The Morgan fingerprint density at radius 2 is 1.84 bits per heavy atom. The van der Waals surface area contributed by atoms with Crippen LogP contribution in [0.2, 0.25) is 0 Å². The zero-order chi connectivity index (χ0) is 22.7. The SMILES string of the molecule is CN1CC=C(c2cn(S(=O)(=O)c3cc4ccccc4o3)c3ccc(C(F)(F)F)cc23)CC1. The molecule has 166 valence electrons. The standard InChI is InChI=1S/C23H19F3N2O3S/c1-27-10-8-15(9-11-27)19-14-28(20-7-6-17(13-18(19)20)23(24,25)26)32(29,30)22-12-16-4-2-3-5-21(16)31-22/h2-8,12-14H,9-11H2,1H3. The van der Waals surface area contributed by atoms with Gasteiger partial charge in [-0.05, 0) is 43.3 Å². The number of furan rings is 1. The predicted octanol–water partition coefficient (Wildman–Crippen LogP) is 5.36. The number of benzene rings is 2. The molecule has 0 aliphatic carbocycles. The van der Waals surface area contributed by atoms with Gasteiger partial charge in [-0.2, -0.15) is 21.6 Å². The molecule has 0 amide bonds. The van der Waals surface area contributed by atoms with E-state index < -0.39 is 21.8 Å². The molecule has 0 unspecified atom stereocenters. The number of hydrogen-bond donors (Lipinski definition) is 0. The molecule has 1 aliphatic heterocycles. The molecule has 2 aromatic heterocycles. The number of halogens is 3. The summed E-state index contributed by atoms with van der Waals surface area (Å²) in [5.74, 6) is 0. The summed E-state index contributed by atoms with van der Waals surface area (Å²) in [6.07, 6.45) is -0.593. The summed E-state index contributed by atoms with van der Waals surface area (Å²) in [5.41, 5.74) is 1.08. The van der Waals surface area contributed by atoms with Crippen LogP contribution in [0.5, 0.6) is 0 Å². The first kappa shape index (κ1) is 20.8. The summed E-state index contributed by atoms with van der Waals surface area (Å²) in [7, 11) is -2.22. The molecule has 0 bridgehead atoms. The molecular formula is C23H19F3N2O3S. The van der Waals surface area contributed by atoms with Crippen molar-refractivity contribution >= 4 is 37.5 Å². The summed E-state index contributed by atoms with van der Waals surface area (Å²) in [5, 5.41) is 0.606. The Bertz CT molecular complexity index is 1450. The lowest BCUT2D eigenvalue weighted by molar-refractivity contribution is -0.137. The van der Waals surface area contributed by atoms with Crippen molar-refractivity contribution in [1.82, 2.24) is 8.87 Å². The highest BCUT2D eigenvalue weighted by Crippen LogP contribution is 2.38. The molecule has 3 heterocycles. The van der Waals surface area contributed by atoms with Crippen molar-refractivity contribution < 1.29 is 26.0 Å². The fraction of sp³-hybridized carbons (Fsp3) is 0.217. The van der Waals surface area contributed by atoms with Gasteiger partial charge in [0.05, 0.1) is 11.1 Å². The van der Waals surface area contributed by atoms with Crippen LogP contribution in [0.1, 0.15) is 17.5 Å². The molecule has 2 aromatic carbocycles. The van der Waals surface area contributed by atoms with Crippen molar-refractivity contribution in [2.45, 2.75) is 17.7 Å². The second-order valence-electron chi connectivity index (χ2n) is 7.92. The fourth-order valence-electron chi connectivity index (χ4n) is 4.03. The molecule has 0 saturated carbocycles. The molecule has 5 rings (SSSR count). The molecule has 0 radical (unpaired) electrons. The van der Waals surface area contributed by atoms with Crippen LogP contribution in [-0.2, 0) is 16.2 Å². The summed E-state index contributed by atoms with van der Waals surface area (Å²) >= 11 is 0. The summed E-state index contributed by atoms with van der Waals surface area (Å²) < 4.78 is 73.7. The highest BCUT2D eigenvalue weighted by molar-refractivity contribution is 7.90. The lowest BCUT2D eigenvalue weighted by atomic mass is 9.98. The molecule has 0 spiro atoms. The van der Waals surface area contributed by atoms with Crippen LogP contribution < -0.4 is 0 Å². The third-order valence-electron chi connectivity index (χ3n) is 5.77. The normalized spacial score (nSPS) is 16.1.